The Morgan fingerprint density at radius 1 is 1.00 bits per heavy atom. The van der Waals surface area contributed by atoms with Gasteiger partial charge < -0.3 is 18.9 Å². The lowest BCUT2D eigenvalue weighted by Gasteiger charge is -2.12. The van der Waals surface area contributed by atoms with Gasteiger partial charge in [-0.25, -0.2) is 9.79 Å². The van der Waals surface area contributed by atoms with Crippen molar-refractivity contribution in [3.05, 3.63) is 58.8 Å². The summed E-state index contributed by atoms with van der Waals surface area (Å²) in [6.45, 7) is 1.97. The Morgan fingerprint density at radius 2 is 1.69 bits per heavy atom. The molecule has 0 aromatic heterocycles. The van der Waals surface area contributed by atoms with Gasteiger partial charge in [0.05, 0.1) is 21.3 Å². The molecule has 1 aliphatic rings. The van der Waals surface area contributed by atoms with E-state index < -0.39 is 5.97 Å². The normalized spacial score (nSPS) is 14.8. The lowest BCUT2D eigenvalue weighted by molar-refractivity contribution is -0.129. The Morgan fingerprint density at radius 3 is 2.27 bits per heavy atom. The second-order valence-electron chi connectivity index (χ2n) is 5.66. The fraction of sp³-hybridized carbons (Fsp3) is 0.200. The molecule has 26 heavy (non-hydrogen) atoms. The number of carbonyl (C=O) groups excluding carboxylic acids is 1. The van der Waals surface area contributed by atoms with E-state index in [1.54, 1.807) is 18.2 Å². The molecule has 6 nitrogen and oxygen atoms in total. The molecule has 0 N–H and O–H groups in total. The average Bonchev–Trinajstić information content (AvgIpc) is 3.01. The Kier molecular flexibility index (Phi) is 4.93. The van der Waals surface area contributed by atoms with Gasteiger partial charge >= 0.3 is 5.97 Å². The summed E-state index contributed by atoms with van der Waals surface area (Å²) in [5, 5.41) is 0. The number of rotatable bonds is 5. The van der Waals surface area contributed by atoms with Crippen LogP contribution in [0, 0.1) is 6.92 Å². The van der Waals surface area contributed by atoms with E-state index in [9.17, 15) is 4.79 Å². The standard InChI is InChI=1S/C20H19NO5/c1-12-6-5-7-14(8-12)19-21-15(20(22)26-19)9-13-10-16(23-2)18(25-4)17(11-13)24-3/h5-11H,1-4H3/b15-9+. The topological polar surface area (TPSA) is 66.4 Å². The van der Waals surface area contributed by atoms with Crippen LogP contribution in [0.15, 0.2) is 47.1 Å². The van der Waals surface area contributed by atoms with Crippen LogP contribution >= 0.6 is 0 Å². The summed E-state index contributed by atoms with van der Waals surface area (Å²) in [4.78, 5) is 16.5. The molecule has 0 radical (unpaired) electrons. The Labute approximate surface area is 151 Å². The number of ether oxygens (including phenoxy) is 4. The van der Waals surface area contributed by atoms with Gasteiger partial charge in [-0.05, 0) is 42.8 Å². The number of cyclic esters (lactones) is 1. The second kappa shape index (κ2) is 7.31. The van der Waals surface area contributed by atoms with Gasteiger partial charge in [0.1, 0.15) is 0 Å². The number of benzene rings is 2. The summed E-state index contributed by atoms with van der Waals surface area (Å²) < 4.78 is 21.3. The zero-order valence-electron chi connectivity index (χ0n) is 15.0. The van der Waals surface area contributed by atoms with E-state index in [1.165, 1.54) is 21.3 Å². The van der Waals surface area contributed by atoms with Crippen molar-refractivity contribution in [2.45, 2.75) is 6.92 Å². The predicted molar refractivity (Wildman–Crippen MR) is 97.9 cm³/mol. The van der Waals surface area contributed by atoms with Crippen molar-refractivity contribution in [3.8, 4) is 17.2 Å². The van der Waals surface area contributed by atoms with E-state index in [-0.39, 0.29) is 11.6 Å². The highest BCUT2D eigenvalue weighted by molar-refractivity contribution is 6.12. The Bertz CT molecular complexity index is 889. The number of carbonyl (C=O) groups is 1. The van der Waals surface area contributed by atoms with Crippen LogP contribution in [0.25, 0.3) is 6.08 Å². The molecular formula is C20H19NO5. The van der Waals surface area contributed by atoms with Gasteiger partial charge in [0.2, 0.25) is 11.6 Å². The average molecular weight is 353 g/mol. The molecular weight excluding hydrogens is 334 g/mol. The predicted octanol–water partition coefficient (Wildman–Crippen LogP) is 3.37. The first-order valence-electron chi connectivity index (χ1n) is 7.95. The zero-order valence-corrected chi connectivity index (χ0v) is 15.0. The van der Waals surface area contributed by atoms with Gasteiger partial charge in [-0.1, -0.05) is 17.7 Å². The first-order chi connectivity index (χ1) is 12.5. The van der Waals surface area contributed by atoms with Gasteiger partial charge in [0, 0.05) is 5.56 Å². The van der Waals surface area contributed by atoms with Crippen molar-refractivity contribution in [1.29, 1.82) is 0 Å². The molecule has 2 aromatic carbocycles. The number of hydrogen-bond donors (Lipinski definition) is 0. The number of nitrogens with zero attached hydrogens (tertiary/aromatic N) is 1. The largest absolute Gasteiger partial charge is 0.493 e. The number of aryl methyl sites for hydroxylation is 1. The lowest BCUT2D eigenvalue weighted by Crippen LogP contribution is -2.05. The monoisotopic (exact) mass is 353 g/mol. The first kappa shape index (κ1) is 17.5. The van der Waals surface area contributed by atoms with E-state index in [4.69, 9.17) is 18.9 Å². The van der Waals surface area contributed by atoms with Crippen molar-refractivity contribution in [2.24, 2.45) is 4.99 Å². The smallest absolute Gasteiger partial charge is 0.363 e. The minimum absolute atomic E-state index is 0.204. The van der Waals surface area contributed by atoms with Gasteiger partial charge in [-0.3, -0.25) is 0 Å². The molecule has 0 amide bonds. The minimum Gasteiger partial charge on any atom is -0.493 e. The van der Waals surface area contributed by atoms with E-state index in [0.29, 0.717) is 22.8 Å². The molecule has 0 unspecified atom stereocenters. The molecule has 134 valence electrons. The van der Waals surface area contributed by atoms with Crippen LogP contribution in [0.2, 0.25) is 0 Å². The molecule has 0 aliphatic carbocycles. The summed E-state index contributed by atoms with van der Waals surface area (Å²) in [7, 11) is 4.60. The molecule has 3 rings (SSSR count). The molecule has 0 bridgehead atoms. The van der Waals surface area contributed by atoms with Crippen LogP contribution in [0.3, 0.4) is 0 Å². The third-order valence-corrected chi connectivity index (χ3v) is 3.88. The van der Waals surface area contributed by atoms with Crippen molar-refractivity contribution in [1.82, 2.24) is 0 Å². The molecule has 0 saturated heterocycles. The number of methoxy groups -OCH3 is 3. The second-order valence-corrected chi connectivity index (χ2v) is 5.66. The highest BCUT2D eigenvalue weighted by Gasteiger charge is 2.24. The molecule has 1 aliphatic heterocycles. The van der Waals surface area contributed by atoms with E-state index >= 15 is 0 Å². The lowest BCUT2D eigenvalue weighted by atomic mass is 10.1. The van der Waals surface area contributed by atoms with Crippen molar-refractivity contribution in [3.63, 3.8) is 0 Å². The third kappa shape index (κ3) is 3.39. The number of esters is 1. The quantitative estimate of drug-likeness (QED) is 0.609. The number of hydrogen-bond acceptors (Lipinski definition) is 6. The van der Waals surface area contributed by atoms with Crippen LogP contribution in [0.5, 0.6) is 17.2 Å². The summed E-state index contributed by atoms with van der Waals surface area (Å²) in [6.07, 6.45) is 1.62. The maximum atomic E-state index is 12.2. The Balaban J connectivity index is 2.00. The van der Waals surface area contributed by atoms with Gasteiger partial charge in [-0.2, -0.15) is 0 Å². The summed E-state index contributed by atoms with van der Waals surface area (Å²) in [6, 6.07) is 11.1. The number of aliphatic imine (C=N–C) groups is 1. The van der Waals surface area contributed by atoms with E-state index in [2.05, 4.69) is 4.99 Å². The molecule has 0 spiro atoms. The van der Waals surface area contributed by atoms with Gasteiger partial charge in [0.15, 0.2) is 17.2 Å². The van der Waals surface area contributed by atoms with Crippen LogP contribution in [-0.2, 0) is 9.53 Å². The van der Waals surface area contributed by atoms with E-state index in [1.807, 2.05) is 31.2 Å². The fourth-order valence-electron chi connectivity index (χ4n) is 2.65. The van der Waals surface area contributed by atoms with Crippen molar-refractivity contribution < 1.29 is 23.7 Å². The van der Waals surface area contributed by atoms with Crippen molar-refractivity contribution >= 4 is 17.9 Å². The summed E-state index contributed by atoms with van der Waals surface area (Å²) in [5.41, 5.74) is 2.70. The van der Waals surface area contributed by atoms with Gasteiger partial charge in [-0.15, -0.1) is 0 Å². The molecule has 1 heterocycles. The highest BCUT2D eigenvalue weighted by Crippen LogP contribution is 2.39. The summed E-state index contributed by atoms with van der Waals surface area (Å²) >= 11 is 0. The zero-order chi connectivity index (χ0) is 18.7. The van der Waals surface area contributed by atoms with Gasteiger partial charge in [0.25, 0.3) is 0 Å². The van der Waals surface area contributed by atoms with E-state index in [0.717, 1.165) is 11.1 Å². The molecule has 0 fully saturated rings. The fourth-order valence-corrected chi connectivity index (χ4v) is 2.65. The molecule has 0 saturated carbocycles. The Hall–Kier alpha value is -3.28. The SMILES string of the molecule is COc1cc(/C=C2/N=C(c3cccc(C)c3)OC2=O)cc(OC)c1OC. The highest BCUT2D eigenvalue weighted by atomic mass is 16.6. The van der Waals surface area contributed by atoms with Crippen LogP contribution in [0.1, 0.15) is 16.7 Å². The maximum Gasteiger partial charge on any atom is 0.363 e. The maximum absolute atomic E-state index is 12.2. The molecule has 6 heteroatoms. The van der Waals surface area contributed by atoms with Crippen LogP contribution < -0.4 is 14.2 Å². The van der Waals surface area contributed by atoms with Crippen LogP contribution in [0.4, 0.5) is 0 Å². The summed E-state index contributed by atoms with van der Waals surface area (Å²) in [5.74, 6) is 1.25. The van der Waals surface area contributed by atoms with Crippen molar-refractivity contribution in [2.75, 3.05) is 21.3 Å². The van der Waals surface area contributed by atoms with Crippen LogP contribution in [-0.4, -0.2) is 33.2 Å². The molecule has 2 aromatic rings. The minimum atomic E-state index is -0.504. The molecule has 0 atom stereocenters. The third-order valence-electron chi connectivity index (χ3n) is 3.88. The first-order valence-corrected chi connectivity index (χ1v) is 7.95.